The molecule has 1 amide bonds. The second-order valence-electron chi connectivity index (χ2n) is 7.79. The highest BCUT2D eigenvalue weighted by Crippen LogP contribution is 2.39. The Morgan fingerprint density at radius 3 is 2.47 bits per heavy atom. The van der Waals surface area contributed by atoms with Crippen molar-refractivity contribution >= 4 is 44.2 Å². The van der Waals surface area contributed by atoms with E-state index in [1.807, 2.05) is 12.1 Å². The summed E-state index contributed by atoms with van der Waals surface area (Å²) in [4.78, 5) is 22.6. The number of nitrogens with zero attached hydrogens (tertiary/aromatic N) is 3. The molecule has 0 bridgehead atoms. The number of thiazole rings is 1. The smallest absolute Gasteiger partial charge is 0.260 e. The van der Waals surface area contributed by atoms with Crippen LogP contribution in [0.2, 0.25) is 5.02 Å². The zero-order valence-corrected chi connectivity index (χ0v) is 21.1. The molecule has 1 saturated heterocycles. The molecule has 182 valence electrons. The number of carbonyl (C=O) groups excluding carboxylic acids is 1. The SMILES string of the molecule is COc1cc(C(=O)N(CCCN2CCOCC2)c2nc3ccc(Cl)cc3s2)cc(OC)c1OC. The fourth-order valence-electron chi connectivity index (χ4n) is 3.92. The Bertz CT molecular complexity index is 1120. The molecule has 0 atom stereocenters. The number of hydrogen-bond donors (Lipinski definition) is 0. The molecule has 0 saturated carbocycles. The van der Waals surface area contributed by atoms with Crippen LogP contribution in [0.25, 0.3) is 10.2 Å². The lowest BCUT2D eigenvalue weighted by molar-refractivity contribution is 0.0376. The van der Waals surface area contributed by atoms with Crippen molar-refractivity contribution in [3.8, 4) is 17.2 Å². The Kier molecular flexibility index (Phi) is 8.10. The van der Waals surface area contributed by atoms with Crippen LogP contribution >= 0.6 is 22.9 Å². The van der Waals surface area contributed by atoms with E-state index in [2.05, 4.69) is 4.90 Å². The van der Waals surface area contributed by atoms with E-state index in [0.29, 0.717) is 39.5 Å². The van der Waals surface area contributed by atoms with Crippen molar-refractivity contribution in [1.82, 2.24) is 9.88 Å². The molecule has 0 N–H and O–H groups in total. The second kappa shape index (κ2) is 11.2. The van der Waals surface area contributed by atoms with Crippen LogP contribution in [-0.4, -0.2) is 76.5 Å². The van der Waals surface area contributed by atoms with Gasteiger partial charge in [-0.3, -0.25) is 14.6 Å². The number of fused-ring (bicyclic) bond motifs is 1. The molecule has 8 nitrogen and oxygen atoms in total. The summed E-state index contributed by atoms with van der Waals surface area (Å²) in [5, 5.41) is 1.26. The van der Waals surface area contributed by atoms with Crippen LogP contribution in [0.1, 0.15) is 16.8 Å². The van der Waals surface area contributed by atoms with Gasteiger partial charge in [-0.25, -0.2) is 4.98 Å². The van der Waals surface area contributed by atoms with Crippen LogP contribution in [0, 0.1) is 0 Å². The van der Waals surface area contributed by atoms with Gasteiger partial charge in [-0.05, 0) is 36.8 Å². The summed E-state index contributed by atoms with van der Waals surface area (Å²) in [5.74, 6) is 1.10. The van der Waals surface area contributed by atoms with Gasteiger partial charge in [-0.15, -0.1) is 0 Å². The minimum atomic E-state index is -0.189. The third-order valence-electron chi connectivity index (χ3n) is 5.69. The fraction of sp³-hybridized carbons (Fsp3) is 0.417. The van der Waals surface area contributed by atoms with Crippen LogP contribution in [-0.2, 0) is 4.74 Å². The summed E-state index contributed by atoms with van der Waals surface area (Å²) in [6.07, 6.45) is 0.798. The van der Waals surface area contributed by atoms with E-state index in [1.54, 1.807) is 23.1 Å². The monoisotopic (exact) mass is 505 g/mol. The minimum absolute atomic E-state index is 0.189. The summed E-state index contributed by atoms with van der Waals surface area (Å²) in [7, 11) is 4.60. The van der Waals surface area contributed by atoms with Crippen molar-refractivity contribution in [3.63, 3.8) is 0 Å². The molecule has 0 aliphatic carbocycles. The molecular weight excluding hydrogens is 478 g/mol. The predicted octanol–water partition coefficient (Wildman–Crippen LogP) is 4.34. The largest absolute Gasteiger partial charge is 0.493 e. The Balaban J connectivity index is 1.65. The molecular formula is C24H28ClN3O5S. The lowest BCUT2D eigenvalue weighted by atomic mass is 10.1. The van der Waals surface area contributed by atoms with Gasteiger partial charge in [0.1, 0.15) is 0 Å². The van der Waals surface area contributed by atoms with Crippen LogP contribution < -0.4 is 19.1 Å². The first-order valence-electron chi connectivity index (χ1n) is 11.0. The number of ether oxygens (including phenoxy) is 4. The van der Waals surface area contributed by atoms with E-state index >= 15 is 0 Å². The first-order valence-corrected chi connectivity index (χ1v) is 12.2. The Labute approximate surface area is 207 Å². The van der Waals surface area contributed by atoms with Crippen molar-refractivity contribution in [1.29, 1.82) is 0 Å². The van der Waals surface area contributed by atoms with E-state index in [9.17, 15) is 4.79 Å². The zero-order valence-electron chi connectivity index (χ0n) is 19.5. The second-order valence-corrected chi connectivity index (χ2v) is 9.23. The highest BCUT2D eigenvalue weighted by atomic mass is 35.5. The van der Waals surface area contributed by atoms with Crippen LogP contribution in [0.15, 0.2) is 30.3 Å². The first kappa shape index (κ1) is 24.5. The van der Waals surface area contributed by atoms with E-state index in [1.165, 1.54) is 32.7 Å². The first-order chi connectivity index (χ1) is 16.5. The third kappa shape index (κ3) is 5.38. The number of methoxy groups -OCH3 is 3. The maximum atomic E-state index is 13.8. The van der Waals surface area contributed by atoms with Crippen molar-refractivity contribution in [2.75, 3.05) is 65.6 Å². The van der Waals surface area contributed by atoms with E-state index in [-0.39, 0.29) is 5.91 Å². The quantitative estimate of drug-likeness (QED) is 0.428. The third-order valence-corrected chi connectivity index (χ3v) is 6.96. The van der Waals surface area contributed by atoms with Crippen LogP contribution in [0.4, 0.5) is 5.13 Å². The Morgan fingerprint density at radius 1 is 1.12 bits per heavy atom. The predicted molar refractivity (Wildman–Crippen MR) is 134 cm³/mol. The molecule has 34 heavy (non-hydrogen) atoms. The molecule has 4 rings (SSSR count). The summed E-state index contributed by atoms with van der Waals surface area (Å²) >= 11 is 7.62. The van der Waals surface area contributed by atoms with Gasteiger partial charge < -0.3 is 18.9 Å². The van der Waals surface area contributed by atoms with E-state index < -0.39 is 0 Å². The number of morpholine rings is 1. The van der Waals surface area contributed by atoms with Gasteiger partial charge in [0.25, 0.3) is 5.91 Å². The van der Waals surface area contributed by atoms with E-state index in [4.69, 9.17) is 35.5 Å². The fourth-order valence-corrected chi connectivity index (χ4v) is 5.19. The topological polar surface area (TPSA) is 73.4 Å². The number of carbonyl (C=O) groups is 1. The normalized spacial score (nSPS) is 14.2. The van der Waals surface area contributed by atoms with Crippen molar-refractivity contribution in [2.24, 2.45) is 0 Å². The Hall–Kier alpha value is -2.59. The van der Waals surface area contributed by atoms with Crippen LogP contribution in [0.3, 0.4) is 0 Å². The van der Waals surface area contributed by atoms with Gasteiger partial charge in [0, 0.05) is 36.8 Å². The summed E-state index contributed by atoms with van der Waals surface area (Å²) in [5.41, 5.74) is 1.23. The molecule has 1 aliphatic heterocycles. The molecule has 2 heterocycles. The lowest BCUT2D eigenvalue weighted by Gasteiger charge is -2.28. The summed E-state index contributed by atoms with van der Waals surface area (Å²) in [6.45, 7) is 4.68. The van der Waals surface area contributed by atoms with Gasteiger partial charge in [0.05, 0.1) is 44.8 Å². The highest BCUT2D eigenvalue weighted by molar-refractivity contribution is 7.22. The number of aromatic nitrogens is 1. The number of rotatable bonds is 9. The number of halogens is 1. The molecule has 2 aromatic carbocycles. The maximum Gasteiger partial charge on any atom is 0.260 e. The van der Waals surface area contributed by atoms with Crippen LogP contribution in [0.5, 0.6) is 17.2 Å². The molecule has 0 unspecified atom stereocenters. The van der Waals surface area contributed by atoms with Gasteiger partial charge in [-0.1, -0.05) is 22.9 Å². The van der Waals surface area contributed by atoms with Gasteiger partial charge in [-0.2, -0.15) is 0 Å². The molecule has 3 aromatic rings. The maximum absolute atomic E-state index is 13.8. The highest BCUT2D eigenvalue weighted by Gasteiger charge is 2.25. The average molecular weight is 506 g/mol. The summed E-state index contributed by atoms with van der Waals surface area (Å²) in [6, 6.07) is 8.88. The minimum Gasteiger partial charge on any atom is -0.493 e. The van der Waals surface area contributed by atoms with Gasteiger partial charge in [0.15, 0.2) is 16.6 Å². The molecule has 1 aromatic heterocycles. The van der Waals surface area contributed by atoms with Gasteiger partial charge >= 0.3 is 0 Å². The molecule has 0 spiro atoms. The van der Waals surface area contributed by atoms with Gasteiger partial charge in [0.2, 0.25) is 5.75 Å². The number of hydrogen-bond acceptors (Lipinski definition) is 8. The van der Waals surface area contributed by atoms with Crippen molar-refractivity contribution in [3.05, 3.63) is 40.9 Å². The number of amides is 1. The average Bonchev–Trinajstić information content (AvgIpc) is 3.28. The Morgan fingerprint density at radius 2 is 1.82 bits per heavy atom. The standard InChI is InChI=1S/C24H28ClN3O5S/c1-30-19-13-16(14-20(31-2)22(19)32-3)23(29)28(8-4-7-27-9-11-33-12-10-27)24-26-18-6-5-17(25)15-21(18)34-24/h5-6,13-15H,4,7-12H2,1-3H3. The molecule has 0 radical (unpaired) electrons. The zero-order chi connectivity index (χ0) is 24.1. The molecule has 1 aliphatic rings. The van der Waals surface area contributed by atoms with Crippen molar-refractivity contribution < 1.29 is 23.7 Å². The van der Waals surface area contributed by atoms with E-state index in [0.717, 1.165) is 49.5 Å². The molecule has 10 heteroatoms. The lowest BCUT2D eigenvalue weighted by Crippen LogP contribution is -2.39. The number of anilines is 1. The number of benzene rings is 2. The summed E-state index contributed by atoms with van der Waals surface area (Å²) < 4.78 is 22.7. The van der Waals surface area contributed by atoms with Crippen molar-refractivity contribution in [2.45, 2.75) is 6.42 Å². The molecule has 1 fully saturated rings.